The fourth-order valence-electron chi connectivity index (χ4n) is 5.87. The fraction of sp³-hybridized carbons (Fsp3) is 0.357. The average molecular weight is 517 g/mol. The highest BCUT2D eigenvalue weighted by Gasteiger charge is 2.35. The molecule has 0 unspecified atom stereocenters. The molecule has 1 amide bonds. The Bertz CT molecular complexity index is 1530. The van der Waals surface area contributed by atoms with E-state index in [1.807, 2.05) is 24.3 Å². The van der Waals surface area contributed by atoms with Crippen molar-refractivity contribution in [1.82, 2.24) is 24.4 Å². The number of hydrogen-bond donors (Lipinski definition) is 2. The third-order valence-electron chi connectivity index (χ3n) is 7.79. The van der Waals surface area contributed by atoms with Crippen LogP contribution in [0.25, 0.3) is 11.2 Å². The first-order valence-electron chi connectivity index (χ1n) is 13.0. The number of H-pyrrole nitrogens is 1. The molecule has 4 heterocycles. The summed E-state index contributed by atoms with van der Waals surface area (Å²) in [4.78, 5) is 39.3. The van der Waals surface area contributed by atoms with Gasteiger partial charge in [0.05, 0.1) is 11.2 Å². The Morgan fingerprint density at radius 2 is 1.82 bits per heavy atom. The zero-order valence-electron chi connectivity index (χ0n) is 20.8. The molecule has 0 saturated carbocycles. The van der Waals surface area contributed by atoms with Crippen LogP contribution in [0.3, 0.4) is 0 Å². The predicted octanol–water partition coefficient (Wildman–Crippen LogP) is 4.35. The summed E-state index contributed by atoms with van der Waals surface area (Å²) in [5.41, 5.74) is 10.1. The SMILES string of the molecule is N[C@@H]1c2cccnc2[C@H](OC(=O)N2CCC(n3c(=O)[nH]c4cccnc43)CC2)CC[C@H]1c1cccc(F)c1. The van der Waals surface area contributed by atoms with E-state index >= 15 is 0 Å². The van der Waals surface area contributed by atoms with Crippen molar-refractivity contribution in [2.45, 2.75) is 49.8 Å². The molecule has 3 aromatic heterocycles. The third-order valence-corrected chi connectivity index (χ3v) is 7.79. The molecule has 0 bridgehead atoms. The summed E-state index contributed by atoms with van der Waals surface area (Å²) in [6.07, 6.45) is 4.76. The Labute approximate surface area is 218 Å². The van der Waals surface area contributed by atoms with Crippen LogP contribution < -0.4 is 11.4 Å². The summed E-state index contributed by atoms with van der Waals surface area (Å²) in [5, 5.41) is 0. The number of imidazole rings is 1. The van der Waals surface area contributed by atoms with Crippen LogP contribution in [0.1, 0.15) is 66.6 Å². The minimum Gasteiger partial charge on any atom is -0.440 e. The van der Waals surface area contributed by atoms with Gasteiger partial charge in [0.1, 0.15) is 11.9 Å². The largest absolute Gasteiger partial charge is 0.440 e. The molecule has 1 aliphatic carbocycles. The monoisotopic (exact) mass is 516 g/mol. The van der Waals surface area contributed by atoms with Gasteiger partial charge >= 0.3 is 11.8 Å². The van der Waals surface area contributed by atoms with Crippen molar-refractivity contribution in [3.05, 3.63) is 94.0 Å². The van der Waals surface area contributed by atoms with Crippen LogP contribution in [-0.2, 0) is 4.74 Å². The number of piperidine rings is 1. The molecule has 0 radical (unpaired) electrons. The molecule has 1 aromatic carbocycles. The highest BCUT2D eigenvalue weighted by Crippen LogP contribution is 2.42. The van der Waals surface area contributed by atoms with Crippen molar-refractivity contribution < 1.29 is 13.9 Å². The lowest BCUT2D eigenvalue weighted by molar-refractivity contribution is 0.0473. The lowest BCUT2D eigenvalue weighted by atomic mass is 9.86. The van der Waals surface area contributed by atoms with Crippen LogP contribution in [0.5, 0.6) is 0 Å². The Kier molecular flexibility index (Phi) is 6.40. The van der Waals surface area contributed by atoms with Crippen molar-refractivity contribution >= 4 is 17.3 Å². The van der Waals surface area contributed by atoms with Crippen LogP contribution in [0.2, 0.25) is 0 Å². The van der Waals surface area contributed by atoms with Crippen LogP contribution in [0.15, 0.2) is 65.7 Å². The molecule has 0 spiro atoms. The number of nitrogens with two attached hydrogens (primary N) is 1. The molecule has 3 atom stereocenters. The zero-order chi connectivity index (χ0) is 26.2. The molecule has 196 valence electrons. The molecule has 1 aliphatic heterocycles. The molecule has 1 saturated heterocycles. The van der Waals surface area contributed by atoms with E-state index in [2.05, 4.69) is 15.0 Å². The normalized spacial score (nSPS) is 22.2. The second kappa shape index (κ2) is 10.0. The first-order valence-corrected chi connectivity index (χ1v) is 13.0. The first kappa shape index (κ1) is 24.3. The Hall–Kier alpha value is -4.05. The van der Waals surface area contributed by atoms with Crippen LogP contribution >= 0.6 is 0 Å². The summed E-state index contributed by atoms with van der Waals surface area (Å²) in [6, 6.07) is 13.4. The summed E-state index contributed by atoms with van der Waals surface area (Å²) in [5.74, 6) is -0.432. The van der Waals surface area contributed by atoms with Crippen molar-refractivity contribution in [1.29, 1.82) is 0 Å². The van der Waals surface area contributed by atoms with E-state index in [-0.39, 0.29) is 23.5 Å². The molecule has 2 aliphatic rings. The quantitative estimate of drug-likeness (QED) is 0.391. The van der Waals surface area contributed by atoms with Gasteiger partial charge in [-0.2, -0.15) is 0 Å². The van der Waals surface area contributed by atoms with Gasteiger partial charge in [-0.05, 0) is 67.1 Å². The number of ether oxygens (including phenoxy) is 1. The van der Waals surface area contributed by atoms with Gasteiger partial charge in [0.15, 0.2) is 5.65 Å². The van der Waals surface area contributed by atoms with E-state index in [0.29, 0.717) is 55.6 Å². The minimum atomic E-state index is -0.554. The number of amides is 1. The van der Waals surface area contributed by atoms with Crippen molar-refractivity contribution in [3.8, 4) is 0 Å². The minimum absolute atomic E-state index is 0.0551. The topological polar surface area (TPSA) is 119 Å². The smallest absolute Gasteiger partial charge is 0.410 e. The maximum Gasteiger partial charge on any atom is 0.410 e. The van der Waals surface area contributed by atoms with Gasteiger partial charge in [0.2, 0.25) is 0 Å². The first-order chi connectivity index (χ1) is 18.5. The number of benzene rings is 1. The van der Waals surface area contributed by atoms with E-state index in [1.54, 1.807) is 34.0 Å². The number of nitrogens with zero attached hydrogens (tertiary/aromatic N) is 4. The van der Waals surface area contributed by atoms with Gasteiger partial charge in [-0.25, -0.2) is 19.0 Å². The number of pyridine rings is 2. The van der Waals surface area contributed by atoms with E-state index < -0.39 is 18.2 Å². The Morgan fingerprint density at radius 1 is 1.03 bits per heavy atom. The molecule has 3 N–H and O–H groups in total. The lowest BCUT2D eigenvalue weighted by Gasteiger charge is -2.32. The molecular formula is C28H29FN6O3. The molecule has 10 heteroatoms. The Morgan fingerprint density at radius 3 is 2.63 bits per heavy atom. The number of aromatic nitrogens is 4. The van der Waals surface area contributed by atoms with Gasteiger partial charge in [-0.15, -0.1) is 0 Å². The number of carbonyl (C=O) groups excluding carboxylic acids is 1. The van der Waals surface area contributed by atoms with Crippen LogP contribution in [-0.4, -0.2) is 43.6 Å². The van der Waals surface area contributed by atoms with Crippen LogP contribution in [0.4, 0.5) is 9.18 Å². The summed E-state index contributed by atoms with van der Waals surface area (Å²) >= 11 is 0. The average Bonchev–Trinajstić information content (AvgIpc) is 3.20. The number of carbonyl (C=O) groups is 1. The lowest BCUT2D eigenvalue weighted by Crippen LogP contribution is -2.41. The Balaban J connectivity index is 1.17. The van der Waals surface area contributed by atoms with Gasteiger partial charge < -0.3 is 20.4 Å². The van der Waals surface area contributed by atoms with E-state index in [1.165, 1.54) is 12.1 Å². The summed E-state index contributed by atoms with van der Waals surface area (Å²) < 4.78 is 21.7. The van der Waals surface area contributed by atoms with E-state index in [9.17, 15) is 14.0 Å². The van der Waals surface area contributed by atoms with Gasteiger partial charge in [0.25, 0.3) is 0 Å². The van der Waals surface area contributed by atoms with E-state index in [4.69, 9.17) is 10.5 Å². The third kappa shape index (κ3) is 4.45. The van der Waals surface area contributed by atoms with Gasteiger partial charge in [-0.3, -0.25) is 9.55 Å². The molecule has 9 nitrogen and oxygen atoms in total. The fourth-order valence-corrected chi connectivity index (χ4v) is 5.87. The summed E-state index contributed by atoms with van der Waals surface area (Å²) in [6.45, 7) is 0.922. The molecule has 4 aromatic rings. The predicted molar refractivity (Wildman–Crippen MR) is 139 cm³/mol. The molecule has 38 heavy (non-hydrogen) atoms. The van der Waals surface area contributed by atoms with Crippen molar-refractivity contribution in [2.24, 2.45) is 5.73 Å². The number of rotatable bonds is 3. The zero-order valence-corrected chi connectivity index (χ0v) is 20.8. The number of aromatic amines is 1. The number of likely N-dealkylation sites (tertiary alicyclic amines) is 1. The summed E-state index contributed by atoms with van der Waals surface area (Å²) in [7, 11) is 0. The highest BCUT2D eigenvalue weighted by atomic mass is 19.1. The van der Waals surface area contributed by atoms with Gasteiger partial charge in [-0.1, -0.05) is 18.2 Å². The maximum atomic E-state index is 14.0. The molecular weight excluding hydrogens is 487 g/mol. The number of hydrogen-bond acceptors (Lipinski definition) is 6. The molecule has 1 fully saturated rings. The number of halogens is 1. The van der Waals surface area contributed by atoms with Crippen molar-refractivity contribution in [3.63, 3.8) is 0 Å². The number of fused-ring (bicyclic) bond motifs is 2. The van der Waals surface area contributed by atoms with Crippen molar-refractivity contribution in [2.75, 3.05) is 13.1 Å². The highest BCUT2D eigenvalue weighted by molar-refractivity contribution is 5.70. The molecule has 6 rings (SSSR count). The van der Waals surface area contributed by atoms with E-state index in [0.717, 1.165) is 11.1 Å². The number of nitrogens with one attached hydrogen (secondary N) is 1. The standard InChI is InChI=1S/C28H29FN6O3/c29-18-5-1-4-17(16-18)20-8-9-23(25-21(24(20)30)6-2-12-31-25)38-28(37)34-14-10-19(11-15-34)35-26-22(33-27(35)36)7-3-13-32-26/h1-7,12-13,16,19-20,23-24H,8-11,14-15,30H2,(H,33,36)/t20-,23+,24-/m0/s1. The second-order valence-electron chi connectivity index (χ2n) is 10.0. The van der Waals surface area contributed by atoms with Crippen LogP contribution in [0, 0.1) is 5.82 Å². The van der Waals surface area contributed by atoms with Gasteiger partial charge in [0, 0.05) is 43.5 Å². The maximum absolute atomic E-state index is 14.0. The second-order valence-corrected chi connectivity index (χ2v) is 10.0.